The highest BCUT2D eigenvalue weighted by Gasteiger charge is 2.27. The fraction of sp³-hybridized carbons (Fsp3) is 0.333. The number of benzene rings is 2. The topological polar surface area (TPSA) is 92.8 Å². The maximum atomic E-state index is 12.6. The van der Waals surface area contributed by atoms with Gasteiger partial charge < -0.3 is 10.1 Å². The molecule has 1 saturated heterocycles. The molecule has 1 fully saturated rings. The van der Waals surface area contributed by atoms with E-state index in [0.717, 1.165) is 18.4 Å². The van der Waals surface area contributed by atoms with Crippen molar-refractivity contribution in [1.29, 1.82) is 0 Å². The van der Waals surface area contributed by atoms with Crippen molar-refractivity contribution in [2.24, 2.45) is 0 Å². The summed E-state index contributed by atoms with van der Waals surface area (Å²) in [7, 11) is -3.62. The number of carbonyl (C=O) groups is 2. The van der Waals surface area contributed by atoms with Gasteiger partial charge in [-0.05, 0) is 43.0 Å². The summed E-state index contributed by atoms with van der Waals surface area (Å²) >= 11 is 0. The number of nitrogens with one attached hydrogen (secondary N) is 1. The van der Waals surface area contributed by atoms with Crippen LogP contribution in [0, 0.1) is 0 Å². The van der Waals surface area contributed by atoms with Crippen LogP contribution in [-0.4, -0.2) is 50.8 Å². The molecule has 7 nitrogen and oxygen atoms in total. The number of nitrogens with zero attached hydrogens (tertiary/aromatic N) is 1. The van der Waals surface area contributed by atoms with E-state index in [-0.39, 0.29) is 10.5 Å². The van der Waals surface area contributed by atoms with Crippen molar-refractivity contribution in [1.82, 2.24) is 9.62 Å². The average Bonchev–Trinajstić information content (AvgIpc) is 3.29. The minimum absolute atomic E-state index is 0.0566. The summed E-state index contributed by atoms with van der Waals surface area (Å²) < 4.78 is 31.7. The zero-order chi connectivity index (χ0) is 20.7. The molecular weight excluding hydrogens is 392 g/mol. The summed E-state index contributed by atoms with van der Waals surface area (Å²) in [4.78, 5) is 24.2. The van der Waals surface area contributed by atoms with E-state index in [1.807, 2.05) is 30.3 Å². The van der Waals surface area contributed by atoms with Gasteiger partial charge in [-0.1, -0.05) is 36.4 Å². The maximum Gasteiger partial charge on any atom is 0.338 e. The van der Waals surface area contributed by atoms with Crippen LogP contribution < -0.4 is 5.32 Å². The molecule has 1 heterocycles. The van der Waals surface area contributed by atoms with Gasteiger partial charge in [-0.2, -0.15) is 4.31 Å². The summed E-state index contributed by atoms with van der Waals surface area (Å²) in [5.41, 5.74) is 1.20. The second-order valence-electron chi connectivity index (χ2n) is 6.80. The molecule has 0 bridgehead atoms. The maximum absolute atomic E-state index is 12.6. The fourth-order valence-corrected chi connectivity index (χ4v) is 4.68. The Morgan fingerprint density at radius 2 is 1.72 bits per heavy atom. The molecule has 0 radical (unpaired) electrons. The summed E-state index contributed by atoms with van der Waals surface area (Å²) in [5, 5.41) is 2.69. The smallest absolute Gasteiger partial charge is 0.338 e. The molecule has 29 heavy (non-hydrogen) atoms. The van der Waals surface area contributed by atoms with E-state index < -0.39 is 28.5 Å². The van der Waals surface area contributed by atoms with Gasteiger partial charge in [-0.25, -0.2) is 13.2 Å². The summed E-state index contributed by atoms with van der Waals surface area (Å²) in [6.45, 7) is 0.987. The van der Waals surface area contributed by atoms with E-state index >= 15 is 0 Å². The van der Waals surface area contributed by atoms with E-state index in [4.69, 9.17) is 4.74 Å². The summed E-state index contributed by atoms with van der Waals surface area (Å²) in [6, 6.07) is 15.4. The first-order chi connectivity index (χ1) is 14.0. The van der Waals surface area contributed by atoms with Crippen molar-refractivity contribution in [3.8, 4) is 0 Å². The van der Waals surface area contributed by atoms with Crippen LogP contribution in [0.1, 0.15) is 28.8 Å². The van der Waals surface area contributed by atoms with Gasteiger partial charge in [0.1, 0.15) is 0 Å². The largest absolute Gasteiger partial charge is 0.452 e. The van der Waals surface area contributed by atoms with Crippen LogP contribution in [0.15, 0.2) is 59.5 Å². The van der Waals surface area contributed by atoms with Crippen molar-refractivity contribution >= 4 is 21.9 Å². The van der Waals surface area contributed by atoms with Gasteiger partial charge in [-0.15, -0.1) is 0 Å². The Balaban J connectivity index is 1.51. The number of rotatable bonds is 8. The number of hydrogen-bond donors (Lipinski definition) is 1. The molecule has 8 heteroatoms. The van der Waals surface area contributed by atoms with Crippen molar-refractivity contribution in [3.63, 3.8) is 0 Å². The predicted octanol–water partition coefficient (Wildman–Crippen LogP) is 1.99. The minimum atomic E-state index is -3.62. The lowest BCUT2D eigenvalue weighted by atomic mass is 10.1. The Kier molecular flexibility index (Phi) is 7.00. The van der Waals surface area contributed by atoms with E-state index in [1.54, 1.807) is 0 Å². The fourth-order valence-electron chi connectivity index (χ4n) is 3.12. The van der Waals surface area contributed by atoms with Gasteiger partial charge in [0, 0.05) is 19.6 Å². The lowest BCUT2D eigenvalue weighted by Crippen LogP contribution is -2.30. The number of hydrogen-bond acceptors (Lipinski definition) is 5. The van der Waals surface area contributed by atoms with Crippen LogP contribution in [0.5, 0.6) is 0 Å². The third kappa shape index (κ3) is 5.65. The van der Waals surface area contributed by atoms with Crippen LogP contribution in [0.3, 0.4) is 0 Å². The van der Waals surface area contributed by atoms with Gasteiger partial charge in [0.25, 0.3) is 5.91 Å². The molecule has 2 aromatic rings. The van der Waals surface area contributed by atoms with E-state index in [2.05, 4.69) is 5.32 Å². The molecule has 1 amide bonds. The molecule has 3 rings (SSSR count). The number of carbonyl (C=O) groups excluding carboxylic acids is 2. The standard InChI is InChI=1S/C21H24N2O5S/c24-20(22-12-11-17-7-2-1-3-8-17)16-28-21(25)18-9-6-10-19(15-18)29(26,27)23-13-4-5-14-23/h1-3,6-10,15H,4-5,11-14,16H2,(H,22,24). The first-order valence-corrected chi connectivity index (χ1v) is 11.0. The lowest BCUT2D eigenvalue weighted by Gasteiger charge is -2.15. The quantitative estimate of drug-likeness (QED) is 0.665. The number of ether oxygens (including phenoxy) is 1. The molecule has 1 aliphatic rings. The predicted molar refractivity (Wildman–Crippen MR) is 108 cm³/mol. The third-order valence-electron chi connectivity index (χ3n) is 4.69. The van der Waals surface area contributed by atoms with Crippen molar-refractivity contribution in [2.75, 3.05) is 26.2 Å². The Labute approximate surface area is 170 Å². The van der Waals surface area contributed by atoms with Crippen LogP contribution in [-0.2, 0) is 26.0 Å². The minimum Gasteiger partial charge on any atom is -0.452 e. The van der Waals surface area contributed by atoms with E-state index in [0.29, 0.717) is 26.1 Å². The SMILES string of the molecule is O=C(COC(=O)c1cccc(S(=O)(=O)N2CCCC2)c1)NCCc1ccccc1. The van der Waals surface area contributed by atoms with Crippen LogP contribution in [0.4, 0.5) is 0 Å². The molecule has 1 aliphatic heterocycles. The molecule has 0 unspecified atom stereocenters. The summed E-state index contributed by atoms with van der Waals surface area (Å²) in [6.07, 6.45) is 2.34. The Hall–Kier alpha value is -2.71. The molecule has 0 saturated carbocycles. The van der Waals surface area contributed by atoms with Gasteiger partial charge in [-0.3, -0.25) is 4.79 Å². The summed E-state index contributed by atoms with van der Waals surface area (Å²) in [5.74, 6) is -1.14. The van der Waals surface area contributed by atoms with Gasteiger partial charge in [0.2, 0.25) is 10.0 Å². The van der Waals surface area contributed by atoms with Crippen LogP contribution in [0.25, 0.3) is 0 Å². The van der Waals surface area contributed by atoms with Crippen LogP contribution >= 0.6 is 0 Å². The number of esters is 1. The number of amides is 1. The Bertz CT molecular complexity index is 954. The van der Waals surface area contributed by atoms with E-state index in [1.165, 1.54) is 28.6 Å². The van der Waals surface area contributed by atoms with Gasteiger partial charge in [0.15, 0.2) is 6.61 Å². The molecule has 0 aromatic heterocycles. The van der Waals surface area contributed by atoms with Crippen molar-refractivity contribution < 1.29 is 22.7 Å². The molecule has 1 N–H and O–H groups in total. The lowest BCUT2D eigenvalue weighted by molar-refractivity contribution is -0.124. The van der Waals surface area contributed by atoms with Gasteiger partial charge >= 0.3 is 5.97 Å². The normalized spacial score (nSPS) is 14.5. The zero-order valence-electron chi connectivity index (χ0n) is 16.0. The molecule has 0 atom stereocenters. The average molecular weight is 416 g/mol. The zero-order valence-corrected chi connectivity index (χ0v) is 16.9. The molecule has 2 aromatic carbocycles. The second-order valence-corrected chi connectivity index (χ2v) is 8.74. The second kappa shape index (κ2) is 9.67. The molecule has 0 aliphatic carbocycles. The highest BCUT2D eigenvalue weighted by molar-refractivity contribution is 7.89. The Morgan fingerprint density at radius 3 is 2.45 bits per heavy atom. The first-order valence-electron chi connectivity index (χ1n) is 9.55. The first kappa shape index (κ1) is 21.0. The van der Waals surface area contributed by atoms with Gasteiger partial charge in [0.05, 0.1) is 10.5 Å². The molecule has 154 valence electrons. The van der Waals surface area contributed by atoms with Crippen molar-refractivity contribution in [2.45, 2.75) is 24.2 Å². The molecule has 0 spiro atoms. The highest BCUT2D eigenvalue weighted by Crippen LogP contribution is 2.21. The van der Waals surface area contributed by atoms with Crippen LogP contribution in [0.2, 0.25) is 0 Å². The highest BCUT2D eigenvalue weighted by atomic mass is 32.2. The Morgan fingerprint density at radius 1 is 1.00 bits per heavy atom. The molecular formula is C21H24N2O5S. The monoisotopic (exact) mass is 416 g/mol. The van der Waals surface area contributed by atoms with Crippen molar-refractivity contribution in [3.05, 3.63) is 65.7 Å². The third-order valence-corrected chi connectivity index (χ3v) is 6.58. The number of sulfonamides is 1. The van der Waals surface area contributed by atoms with E-state index in [9.17, 15) is 18.0 Å².